The summed E-state index contributed by atoms with van der Waals surface area (Å²) in [6.07, 6.45) is 2.79. The standard InChI is InChI=1S/C10H12N4O3/c1-13-9-8(3-12-13)10(16)14(6-11-9)4-7(15)5-17-2/h3,6H,4-5H2,1-2H3. The van der Waals surface area contributed by atoms with Gasteiger partial charge in [0.15, 0.2) is 11.4 Å². The average molecular weight is 236 g/mol. The number of rotatable bonds is 4. The van der Waals surface area contributed by atoms with E-state index < -0.39 is 0 Å². The Morgan fingerprint density at radius 2 is 2.29 bits per heavy atom. The van der Waals surface area contributed by atoms with Gasteiger partial charge in [0.25, 0.3) is 5.56 Å². The van der Waals surface area contributed by atoms with Crippen molar-refractivity contribution < 1.29 is 9.53 Å². The van der Waals surface area contributed by atoms with Crippen LogP contribution in [0.4, 0.5) is 0 Å². The maximum atomic E-state index is 12.0. The number of nitrogens with zero attached hydrogens (tertiary/aromatic N) is 4. The molecule has 7 nitrogen and oxygen atoms in total. The number of hydrogen-bond donors (Lipinski definition) is 0. The molecule has 0 aliphatic rings. The minimum atomic E-state index is -0.271. The summed E-state index contributed by atoms with van der Waals surface area (Å²) in [5.74, 6) is -0.181. The van der Waals surface area contributed by atoms with Gasteiger partial charge in [-0.2, -0.15) is 5.10 Å². The lowest BCUT2D eigenvalue weighted by atomic mass is 10.4. The first-order valence-corrected chi connectivity index (χ1v) is 5.01. The molecular weight excluding hydrogens is 224 g/mol. The molecule has 0 fully saturated rings. The van der Waals surface area contributed by atoms with Crippen molar-refractivity contribution in [1.82, 2.24) is 19.3 Å². The molecule has 2 aromatic rings. The molecule has 0 bridgehead atoms. The molecule has 0 N–H and O–H groups in total. The van der Waals surface area contributed by atoms with Gasteiger partial charge in [-0.1, -0.05) is 0 Å². The highest BCUT2D eigenvalue weighted by Gasteiger charge is 2.10. The van der Waals surface area contributed by atoms with Crippen LogP contribution in [0.1, 0.15) is 0 Å². The molecule has 0 spiro atoms. The molecule has 2 rings (SSSR count). The summed E-state index contributed by atoms with van der Waals surface area (Å²) in [5.41, 5.74) is 0.234. The number of aryl methyl sites for hydroxylation is 1. The van der Waals surface area contributed by atoms with E-state index in [0.717, 1.165) is 0 Å². The van der Waals surface area contributed by atoms with Crippen LogP contribution in [0.5, 0.6) is 0 Å². The second kappa shape index (κ2) is 4.46. The highest BCUT2D eigenvalue weighted by Crippen LogP contribution is 2.02. The molecule has 0 radical (unpaired) electrons. The van der Waals surface area contributed by atoms with Crippen LogP contribution in [-0.4, -0.2) is 38.8 Å². The molecule has 0 atom stereocenters. The Balaban J connectivity index is 2.40. The first kappa shape index (κ1) is 11.5. The third-order valence-electron chi connectivity index (χ3n) is 2.37. The molecule has 0 saturated carbocycles. The Bertz CT molecular complexity index is 614. The van der Waals surface area contributed by atoms with Crippen molar-refractivity contribution in [3.63, 3.8) is 0 Å². The van der Waals surface area contributed by atoms with E-state index in [4.69, 9.17) is 4.74 Å². The van der Waals surface area contributed by atoms with E-state index in [-0.39, 0.29) is 24.5 Å². The Labute approximate surface area is 96.6 Å². The number of ketones is 1. The van der Waals surface area contributed by atoms with Gasteiger partial charge >= 0.3 is 0 Å². The van der Waals surface area contributed by atoms with Crippen molar-refractivity contribution in [2.75, 3.05) is 13.7 Å². The number of aromatic nitrogens is 4. The first-order valence-electron chi connectivity index (χ1n) is 5.01. The Morgan fingerprint density at radius 1 is 1.53 bits per heavy atom. The number of ether oxygens (including phenoxy) is 1. The molecule has 2 heterocycles. The van der Waals surface area contributed by atoms with Crippen molar-refractivity contribution in [2.45, 2.75) is 6.54 Å². The SMILES string of the molecule is COCC(=O)Cn1cnc2c(cnn2C)c1=O. The van der Waals surface area contributed by atoms with Crippen molar-refractivity contribution in [1.29, 1.82) is 0 Å². The zero-order chi connectivity index (χ0) is 12.4. The largest absolute Gasteiger partial charge is 0.377 e. The summed E-state index contributed by atoms with van der Waals surface area (Å²) in [7, 11) is 3.14. The quantitative estimate of drug-likeness (QED) is 0.704. The predicted molar refractivity (Wildman–Crippen MR) is 59.7 cm³/mol. The van der Waals surface area contributed by atoms with E-state index in [1.54, 1.807) is 7.05 Å². The van der Waals surface area contributed by atoms with Gasteiger partial charge in [-0.05, 0) is 0 Å². The molecule has 7 heteroatoms. The maximum Gasteiger partial charge on any atom is 0.264 e. The summed E-state index contributed by atoms with van der Waals surface area (Å²) < 4.78 is 7.47. The van der Waals surface area contributed by atoms with E-state index in [0.29, 0.717) is 11.0 Å². The fraction of sp³-hybridized carbons (Fsp3) is 0.400. The van der Waals surface area contributed by atoms with Crippen LogP contribution in [0.25, 0.3) is 11.0 Å². The number of carbonyl (C=O) groups is 1. The van der Waals surface area contributed by atoms with Gasteiger partial charge in [-0.15, -0.1) is 0 Å². The molecule has 0 aromatic carbocycles. The second-order valence-electron chi connectivity index (χ2n) is 3.65. The molecule has 0 amide bonds. The molecular formula is C10H12N4O3. The third kappa shape index (κ3) is 2.09. The van der Waals surface area contributed by atoms with E-state index >= 15 is 0 Å². The number of Topliss-reactive ketones (excluding diaryl/α,β-unsaturated/α-hetero) is 1. The summed E-state index contributed by atoms with van der Waals surface area (Å²) in [6.45, 7) is -0.0535. The van der Waals surface area contributed by atoms with Gasteiger partial charge in [-0.3, -0.25) is 18.8 Å². The van der Waals surface area contributed by atoms with Crippen LogP contribution in [0, 0.1) is 0 Å². The molecule has 17 heavy (non-hydrogen) atoms. The fourth-order valence-electron chi connectivity index (χ4n) is 1.58. The Kier molecular flexibility index (Phi) is 3.01. The Hall–Kier alpha value is -2.02. The maximum absolute atomic E-state index is 12.0. The average Bonchev–Trinajstić information content (AvgIpc) is 2.66. The lowest BCUT2D eigenvalue weighted by Crippen LogP contribution is -2.26. The van der Waals surface area contributed by atoms with E-state index in [2.05, 4.69) is 10.1 Å². The molecule has 0 aliphatic carbocycles. The monoisotopic (exact) mass is 236 g/mol. The summed E-state index contributed by atoms with van der Waals surface area (Å²) in [6, 6.07) is 0. The van der Waals surface area contributed by atoms with Crippen LogP contribution < -0.4 is 5.56 Å². The van der Waals surface area contributed by atoms with E-state index in [1.165, 1.54) is 28.9 Å². The molecule has 0 unspecified atom stereocenters. The van der Waals surface area contributed by atoms with Crippen molar-refractivity contribution in [3.05, 3.63) is 22.9 Å². The predicted octanol–water partition coefficient (Wildman–Crippen LogP) is -0.655. The zero-order valence-corrected chi connectivity index (χ0v) is 9.58. The minimum Gasteiger partial charge on any atom is -0.377 e. The lowest BCUT2D eigenvalue weighted by molar-refractivity contribution is -0.123. The van der Waals surface area contributed by atoms with Gasteiger partial charge in [0, 0.05) is 14.2 Å². The first-order chi connectivity index (χ1) is 8.13. The van der Waals surface area contributed by atoms with Gasteiger partial charge in [0.1, 0.15) is 18.3 Å². The van der Waals surface area contributed by atoms with E-state index in [1.807, 2.05) is 0 Å². The van der Waals surface area contributed by atoms with Gasteiger partial charge in [0.05, 0.1) is 12.7 Å². The number of fused-ring (bicyclic) bond motifs is 1. The van der Waals surface area contributed by atoms with Crippen molar-refractivity contribution >= 4 is 16.8 Å². The Morgan fingerprint density at radius 3 is 3.00 bits per heavy atom. The van der Waals surface area contributed by atoms with Gasteiger partial charge in [-0.25, -0.2) is 4.98 Å². The smallest absolute Gasteiger partial charge is 0.264 e. The van der Waals surface area contributed by atoms with Crippen LogP contribution in [-0.2, 0) is 23.1 Å². The van der Waals surface area contributed by atoms with E-state index in [9.17, 15) is 9.59 Å². The molecule has 0 saturated heterocycles. The lowest BCUT2D eigenvalue weighted by Gasteiger charge is -2.03. The van der Waals surface area contributed by atoms with Crippen molar-refractivity contribution in [3.8, 4) is 0 Å². The second-order valence-corrected chi connectivity index (χ2v) is 3.65. The minimum absolute atomic E-state index is 0.0164. The highest BCUT2D eigenvalue weighted by molar-refractivity contribution is 5.80. The summed E-state index contributed by atoms with van der Waals surface area (Å²) in [5, 5.41) is 4.35. The van der Waals surface area contributed by atoms with Crippen LogP contribution >= 0.6 is 0 Å². The van der Waals surface area contributed by atoms with Crippen molar-refractivity contribution in [2.24, 2.45) is 7.05 Å². The van der Waals surface area contributed by atoms with Gasteiger partial charge in [0.2, 0.25) is 0 Å². The highest BCUT2D eigenvalue weighted by atomic mass is 16.5. The molecule has 0 aliphatic heterocycles. The number of carbonyl (C=O) groups excluding carboxylic acids is 1. The molecule has 2 aromatic heterocycles. The fourth-order valence-corrected chi connectivity index (χ4v) is 1.58. The zero-order valence-electron chi connectivity index (χ0n) is 9.58. The summed E-state index contributed by atoms with van der Waals surface area (Å²) >= 11 is 0. The van der Waals surface area contributed by atoms with Gasteiger partial charge < -0.3 is 4.74 Å². The third-order valence-corrected chi connectivity index (χ3v) is 2.37. The number of methoxy groups -OCH3 is 1. The number of hydrogen-bond acceptors (Lipinski definition) is 5. The van der Waals surface area contributed by atoms with Crippen LogP contribution in [0.15, 0.2) is 17.3 Å². The normalized spacial score (nSPS) is 10.9. The topological polar surface area (TPSA) is 79.0 Å². The van der Waals surface area contributed by atoms with Crippen LogP contribution in [0.3, 0.4) is 0 Å². The molecule has 90 valence electrons. The summed E-state index contributed by atoms with van der Waals surface area (Å²) in [4.78, 5) is 27.4. The van der Waals surface area contributed by atoms with Crippen LogP contribution in [0.2, 0.25) is 0 Å².